The van der Waals surface area contributed by atoms with Gasteiger partial charge in [-0.25, -0.2) is 9.37 Å². The van der Waals surface area contributed by atoms with Gasteiger partial charge in [-0.05, 0) is 43.0 Å². The number of aromatic nitrogens is 1. The maximum Gasteiger partial charge on any atom is 0.228 e. The number of benzene rings is 1. The first-order chi connectivity index (χ1) is 11.0. The highest BCUT2D eigenvalue weighted by Crippen LogP contribution is 2.32. The number of hydrogen-bond acceptors (Lipinski definition) is 3. The average molecular weight is 370 g/mol. The van der Waals surface area contributed by atoms with Gasteiger partial charge in [0, 0.05) is 22.5 Å². The molecular formula is C17H18Cl2FN3O. The van der Waals surface area contributed by atoms with Crippen molar-refractivity contribution in [2.45, 2.75) is 25.8 Å². The number of carbonyl (C=O) groups excluding carboxylic acids is 1. The number of hydrogen-bond donors (Lipinski definition) is 2. The van der Waals surface area contributed by atoms with Gasteiger partial charge in [-0.1, -0.05) is 23.7 Å². The van der Waals surface area contributed by atoms with Crippen LogP contribution in [0.1, 0.15) is 31.4 Å². The summed E-state index contributed by atoms with van der Waals surface area (Å²) in [4.78, 5) is 15.7. The maximum absolute atomic E-state index is 14.1. The van der Waals surface area contributed by atoms with Crippen LogP contribution in [0.15, 0.2) is 30.5 Å². The smallest absolute Gasteiger partial charge is 0.228 e. The SMILES string of the molecule is CC(N)c1ccc(-c2cc(NC(=O)C3CC3)ncc2F)cc1Cl.Cl. The van der Waals surface area contributed by atoms with Gasteiger partial charge in [0.15, 0.2) is 0 Å². The van der Waals surface area contributed by atoms with Gasteiger partial charge in [0.1, 0.15) is 11.6 Å². The molecule has 0 aliphatic heterocycles. The molecule has 0 spiro atoms. The maximum atomic E-state index is 14.1. The number of pyridine rings is 1. The van der Waals surface area contributed by atoms with Crippen molar-refractivity contribution < 1.29 is 9.18 Å². The van der Waals surface area contributed by atoms with Crippen molar-refractivity contribution in [1.29, 1.82) is 0 Å². The van der Waals surface area contributed by atoms with E-state index in [-0.39, 0.29) is 30.3 Å². The molecule has 7 heteroatoms. The van der Waals surface area contributed by atoms with E-state index in [0.717, 1.165) is 24.6 Å². The zero-order chi connectivity index (χ0) is 16.6. The Morgan fingerprint density at radius 2 is 2.12 bits per heavy atom. The molecule has 0 saturated heterocycles. The van der Waals surface area contributed by atoms with Crippen molar-refractivity contribution in [2.24, 2.45) is 11.7 Å². The number of rotatable bonds is 4. The molecule has 1 aliphatic carbocycles. The molecule has 1 heterocycles. The second-order valence-electron chi connectivity index (χ2n) is 5.84. The van der Waals surface area contributed by atoms with Crippen molar-refractivity contribution in [3.8, 4) is 11.1 Å². The molecule has 1 aliphatic rings. The normalized spacial score (nSPS) is 14.7. The Hall–Kier alpha value is -1.69. The topological polar surface area (TPSA) is 68.0 Å². The van der Waals surface area contributed by atoms with Crippen LogP contribution in [0.2, 0.25) is 5.02 Å². The Morgan fingerprint density at radius 3 is 2.71 bits per heavy atom. The molecule has 0 radical (unpaired) electrons. The summed E-state index contributed by atoms with van der Waals surface area (Å²) in [6, 6.07) is 6.53. The van der Waals surface area contributed by atoms with Crippen LogP contribution in [-0.2, 0) is 4.79 Å². The summed E-state index contributed by atoms with van der Waals surface area (Å²) in [5, 5.41) is 3.20. The van der Waals surface area contributed by atoms with Gasteiger partial charge >= 0.3 is 0 Å². The lowest BCUT2D eigenvalue weighted by Crippen LogP contribution is -2.14. The Morgan fingerprint density at radius 1 is 1.42 bits per heavy atom. The Kier molecular flexibility index (Phi) is 5.80. The third-order valence-corrected chi connectivity index (χ3v) is 4.18. The third-order valence-electron chi connectivity index (χ3n) is 3.86. The second-order valence-corrected chi connectivity index (χ2v) is 6.25. The minimum Gasteiger partial charge on any atom is -0.324 e. The molecule has 3 N–H and O–H groups in total. The van der Waals surface area contributed by atoms with Gasteiger partial charge in [0.05, 0.1) is 6.20 Å². The molecule has 3 rings (SSSR count). The lowest BCUT2D eigenvalue weighted by Gasteiger charge is -2.12. The second kappa shape index (κ2) is 7.47. The van der Waals surface area contributed by atoms with Crippen LogP contribution in [0, 0.1) is 11.7 Å². The van der Waals surface area contributed by atoms with Crippen molar-refractivity contribution >= 4 is 35.7 Å². The summed E-state index contributed by atoms with van der Waals surface area (Å²) in [5.74, 6) is -0.143. The van der Waals surface area contributed by atoms with Crippen LogP contribution in [0.3, 0.4) is 0 Å². The molecule has 2 aromatic rings. The van der Waals surface area contributed by atoms with Crippen LogP contribution in [0.5, 0.6) is 0 Å². The molecule has 0 bridgehead atoms. The van der Waals surface area contributed by atoms with Gasteiger partial charge in [-0.2, -0.15) is 0 Å². The molecule has 1 aromatic carbocycles. The first-order valence-electron chi connectivity index (χ1n) is 7.47. The van der Waals surface area contributed by atoms with E-state index < -0.39 is 5.82 Å². The predicted octanol–water partition coefficient (Wildman–Crippen LogP) is 4.33. The summed E-state index contributed by atoms with van der Waals surface area (Å²) in [6.45, 7) is 1.83. The Balaban J connectivity index is 0.00000208. The number of amides is 1. The zero-order valence-corrected chi connectivity index (χ0v) is 14.6. The number of nitrogens with zero attached hydrogens (tertiary/aromatic N) is 1. The molecule has 128 valence electrons. The van der Waals surface area contributed by atoms with Crippen LogP contribution >= 0.6 is 24.0 Å². The predicted molar refractivity (Wildman–Crippen MR) is 95.8 cm³/mol. The first kappa shape index (κ1) is 18.6. The quantitative estimate of drug-likeness (QED) is 0.842. The molecule has 1 fully saturated rings. The van der Waals surface area contributed by atoms with E-state index >= 15 is 0 Å². The largest absolute Gasteiger partial charge is 0.324 e. The molecule has 1 amide bonds. The lowest BCUT2D eigenvalue weighted by molar-refractivity contribution is -0.117. The van der Waals surface area contributed by atoms with Crippen molar-refractivity contribution in [3.05, 3.63) is 46.9 Å². The van der Waals surface area contributed by atoms with Crippen LogP contribution in [-0.4, -0.2) is 10.9 Å². The monoisotopic (exact) mass is 369 g/mol. The van der Waals surface area contributed by atoms with Gasteiger partial charge in [-0.3, -0.25) is 4.79 Å². The highest BCUT2D eigenvalue weighted by molar-refractivity contribution is 6.31. The summed E-state index contributed by atoms with van der Waals surface area (Å²) >= 11 is 6.21. The average Bonchev–Trinajstić information content (AvgIpc) is 3.33. The minimum atomic E-state index is -0.473. The van der Waals surface area contributed by atoms with Gasteiger partial charge in [0.25, 0.3) is 0 Å². The lowest BCUT2D eigenvalue weighted by atomic mass is 10.0. The number of nitrogens with two attached hydrogens (primary N) is 1. The summed E-state index contributed by atoms with van der Waals surface area (Å²) in [5.41, 5.74) is 7.58. The number of carbonyl (C=O) groups is 1. The van der Waals surface area contributed by atoms with Crippen LogP contribution < -0.4 is 11.1 Å². The molecular weight excluding hydrogens is 352 g/mol. The zero-order valence-electron chi connectivity index (χ0n) is 13.1. The molecule has 1 aromatic heterocycles. The molecule has 1 unspecified atom stereocenters. The molecule has 1 atom stereocenters. The van der Waals surface area contributed by atoms with E-state index in [1.54, 1.807) is 18.2 Å². The first-order valence-corrected chi connectivity index (χ1v) is 7.85. The fourth-order valence-electron chi connectivity index (χ4n) is 2.37. The van der Waals surface area contributed by atoms with E-state index in [1.807, 2.05) is 6.92 Å². The van der Waals surface area contributed by atoms with Gasteiger partial charge < -0.3 is 11.1 Å². The Bertz CT molecular complexity index is 763. The van der Waals surface area contributed by atoms with Crippen molar-refractivity contribution in [2.75, 3.05) is 5.32 Å². The van der Waals surface area contributed by atoms with Gasteiger partial charge in [0.2, 0.25) is 5.91 Å². The molecule has 4 nitrogen and oxygen atoms in total. The van der Waals surface area contributed by atoms with Crippen LogP contribution in [0.25, 0.3) is 11.1 Å². The molecule has 24 heavy (non-hydrogen) atoms. The Labute approximate surface area is 151 Å². The third kappa shape index (κ3) is 4.04. The highest BCUT2D eigenvalue weighted by Gasteiger charge is 2.29. The summed E-state index contributed by atoms with van der Waals surface area (Å²) in [6.07, 6.45) is 2.90. The minimum absolute atomic E-state index is 0. The number of anilines is 1. The van der Waals surface area contributed by atoms with Crippen molar-refractivity contribution in [1.82, 2.24) is 4.98 Å². The number of nitrogens with one attached hydrogen (secondary N) is 1. The molecule has 1 saturated carbocycles. The standard InChI is InChI=1S/C17H17ClFN3O.ClH/c1-9(20)12-5-4-11(6-14(12)18)13-7-16(21-8-15(13)19)22-17(23)10-2-3-10;/h4-10H,2-3,20H2,1H3,(H,21,22,23);1H. The van der Waals surface area contributed by atoms with E-state index in [4.69, 9.17) is 17.3 Å². The van der Waals surface area contributed by atoms with Gasteiger partial charge in [-0.15, -0.1) is 12.4 Å². The fourth-order valence-corrected chi connectivity index (χ4v) is 2.72. The number of halogens is 3. The van der Waals surface area contributed by atoms with Crippen LogP contribution in [0.4, 0.5) is 10.2 Å². The van der Waals surface area contributed by atoms with E-state index in [2.05, 4.69) is 10.3 Å². The van der Waals surface area contributed by atoms with E-state index in [9.17, 15) is 9.18 Å². The van der Waals surface area contributed by atoms with E-state index in [0.29, 0.717) is 22.0 Å². The highest BCUT2D eigenvalue weighted by atomic mass is 35.5. The fraction of sp³-hybridized carbons (Fsp3) is 0.294. The van der Waals surface area contributed by atoms with Crippen molar-refractivity contribution in [3.63, 3.8) is 0 Å². The summed E-state index contributed by atoms with van der Waals surface area (Å²) < 4.78 is 14.1. The summed E-state index contributed by atoms with van der Waals surface area (Å²) in [7, 11) is 0. The van der Waals surface area contributed by atoms with E-state index in [1.165, 1.54) is 6.07 Å².